The first kappa shape index (κ1) is 12.3. The molecule has 0 saturated carbocycles. The van der Waals surface area contributed by atoms with Gasteiger partial charge in [0.2, 0.25) is 0 Å². The van der Waals surface area contributed by atoms with Gasteiger partial charge < -0.3 is 0 Å². The molecular weight excluding hydrogens is 262 g/mol. The Kier molecular flexibility index (Phi) is 3.72. The standard InChI is InChI=1S/C13H17N3S2/c1-10-7-15-13(18-10)11-3-2-5-16(8-11)9-12-14-4-6-17-12/h4,6-7,11H,2-3,5,8-9H2,1H3. The van der Waals surface area contributed by atoms with Gasteiger partial charge in [-0.2, -0.15) is 0 Å². The quantitative estimate of drug-likeness (QED) is 0.863. The summed E-state index contributed by atoms with van der Waals surface area (Å²) in [4.78, 5) is 12.8. The summed E-state index contributed by atoms with van der Waals surface area (Å²) in [6.45, 7) is 5.46. The van der Waals surface area contributed by atoms with E-state index in [0.29, 0.717) is 5.92 Å². The largest absolute Gasteiger partial charge is 0.296 e. The van der Waals surface area contributed by atoms with E-state index in [-0.39, 0.29) is 0 Å². The van der Waals surface area contributed by atoms with Crippen LogP contribution in [-0.4, -0.2) is 28.0 Å². The second-order valence-electron chi connectivity index (χ2n) is 4.81. The molecule has 0 spiro atoms. The highest BCUT2D eigenvalue weighted by Gasteiger charge is 2.23. The van der Waals surface area contributed by atoms with Crippen LogP contribution in [0.25, 0.3) is 0 Å². The smallest absolute Gasteiger partial charge is 0.107 e. The minimum atomic E-state index is 0.623. The lowest BCUT2D eigenvalue weighted by molar-refractivity contribution is 0.200. The summed E-state index contributed by atoms with van der Waals surface area (Å²) in [6, 6.07) is 0. The molecule has 0 amide bonds. The zero-order valence-corrected chi connectivity index (χ0v) is 12.1. The van der Waals surface area contributed by atoms with Gasteiger partial charge in [0.15, 0.2) is 0 Å². The van der Waals surface area contributed by atoms with Crippen LogP contribution in [0, 0.1) is 6.92 Å². The third-order valence-corrected chi connectivity index (χ3v) is 5.18. The van der Waals surface area contributed by atoms with Crippen LogP contribution in [0.3, 0.4) is 0 Å². The molecular formula is C13H17N3S2. The number of hydrogen-bond acceptors (Lipinski definition) is 5. The molecule has 1 aliphatic heterocycles. The lowest BCUT2D eigenvalue weighted by Crippen LogP contribution is -2.33. The average Bonchev–Trinajstić information content (AvgIpc) is 3.01. The zero-order chi connectivity index (χ0) is 12.4. The Hall–Kier alpha value is -0.780. The summed E-state index contributed by atoms with van der Waals surface area (Å²) >= 11 is 3.61. The van der Waals surface area contributed by atoms with Gasteiger partial charge in [-0.3, -0.25) is 4.90 Å². The highest BCUT2D eigenvalue weighted by Crippen LogP contribution is 2.30. The fourth-order valence-electron chi connectivity index (χ4n) is 2.48. The van der Waals surface area contributed by atoms with Crippen molar-refractivity contribution in [3.8, 4) is 0 Å². The van der Waals surface area contributed by atoms with Crippen molar-refractivity contribution in [2.75, 3.05) is 13.1 Å². The molecule has 5 heteroatoms. The molecule has 18 heavy (non-hydrogen) atoms. The van der Waals surface area contributed by atoms with Crippen molar-refractivity contribution in [3.63, 3.8) is 0 Å². The molecule has 1 unspecified atom stereocenters. The van der Waals surface area contributed by atoms with E-state index in [4.69, 9.17) is 0 Å². The lowest BCUT2D eigenvalue weighted by Gasteiger charge is -2.31. The molecule has 1 aliphatic rings. The van der Waals surface area contributed by atoms with Crippen LogP contribution < -0.4 is 0 Å². The van der Waals surface area contributed by atoms with Crippen molar-refractivity contribution >= 4 is 22.7 Å². The first-order valence-corrected chi connectivity index (χ1v) is 8.04. The van der Waals surface area contributed by atoms with Crippen molar-refractivity contribution in [2.24, 2.45) is 0 Å². The second kappa shape index (κ2) is 5.47. The van der Waals surface area contributed by atoms with Crippen LogP contribution in [0.15, 0.2) is 17.8 Å². The minimum Gasteiger partial charge on any atom is -0.296 e. The second-order valence-corrected chi connectivity index (χ2v) is 7.05. The van der Waals surface area contributed by atoms with Crippen LogP contribution >= 0.6 is 22.7 Å². The fraction of sp³-hybridized carbons (Fsp3) is 0.538. The predicted octanol–water partition coefficient (Wildman–Crippen LogP) is 3.29. The maximum Gasteiger partial charge on any atom is 0.107 e. The van der Waals surface area contributed by atoms with Gasteiger partial charge >= 0.3 is 0 Å². The molecule has 2 aromatic rings. The zero-order valence-electron chi connectivity index (χ0n) is 10.5. The SMILES string of the molecule is Cc1cnc(C2CCCN(Cc3nccs3)C2)s1. The van der Waals surface area contributed by atoms with Gasteiger partial charge in [-0.05, 0) is 26.3 Å². The van der Waals surface area contributed by atoms with Gasteiger partial charge in [0, 0.05) is 35.1 Å². The Bertz CT molecular complexity index is 492. The number of thiazole rings is 2. The number of aryl methyl sites for hydroxylation is 1. The summed E-state index contributed by atoms with van der Waals surface area (Å²) in [5.74, 6) is 0.623. The lowest BCUT2D eigenvalue weighted by atomic mass is 9.99. The van der Waals surface area contributed by atoms with E-state index in [2.05, 4.69) is 27.2 Å². The maximum atomic E-state index is 4.55. The third-order valence-electron chi connectivity index (χ3n) is 3.34. The number of rotatable bonds is 3. The molecule has 0 radical (unpaired) electrons. The highest BCUT2D eigenvalue weighted by molar-refractivity contribution is 7.11. The molecule has 3 nitrogen and oxygen atoms in total. The molecule has 0 aliphatic carbocycles. The first-order valence-electron chi connectivity index (χ1n) is 6.34. The van der Waals surface area contributed by atoms with E-state index >= 15 is 0 Å². The van der Waals surface area contributed by atoms with Gasteiger partial charge in [0.25, 0.3) is 0 Å². The van der Waals surface area contributed by atoms with Crippen LogP contribution in [0.4, 0.5) is 0 Å². The van der Waals surface area contributed by atoms with Crippen LogP contribution in [0.5, 0.6) is 0 Å². The van der Waals surface area contributed by atoms with Crippen molar-refractivity contribution in [2.45, 2.75) is 32.2 Å². The van der Waals surface area contributed by atoms with E-state index in [1.54, 1.807) is 11.3 Å². The Balaban J connectivity index is 1.65. The Labute approximate surface area is 116 Å². The molecule has 2 aromatic heterocycles. The summed E-state index contributed by atoms with van der Waals surface area (Å²) < 4.78 is 0. The summed E-state index contributed by atoms with van der Waals surface area (Å²) in [5, 5.41) is 4.60. The topological polar surface area (TPSA) is 29.0 Å². The average molecular weight is 279 g/mol. The predicted molar refractivity (Wildman–Crippen MR) is 76.2 cm³/mol. The molecule has 1 saturated heterocycles. The van der Waals surface area contributed by atoms with Gasteiger partial charge in [0.05, 0.1) is 11.6 Å². The van der Waals surface area contributed by atoms with Crippen molar-refractivity contribution in [3.05, 3.63) is 32.7 Å². The fourth-order valence-corrected chi connectivity index (χ4v) is 4.04. The Morgan fingerprint density at radius 2 is 2.39 bits per heavy atom. The number of aromatic nitrogens is 2. The number of hydrogen-bond donors (Lipinski definition) is 0. The molecule has 3 rings (SSSR count). The molecule has 0 aromatic carbocycles. The van der Waals surface area contributed by atoms with Crippen molar-refractivity contribution < 1.29 is 0 Å². The van der Waals surface area contributed by atoms with Crippen molar-refractivity contribution in [1.82, 2.24) is 14.9 Å². The monoisotopic (exact) mass is 279 g/mol. The van der Waals surface area contributed by atoms with E-state index in [1.807, 2.05) is 23.7 Å². The number of piperidine rings is 1. The highest BCUT2D eigenvalue weighted by atomic mass is 32.1. The van der Waals surface area contributed by atoms with Gasteiger partial charge in [-0.15, -0.1) is 22.7 Å². The van der Waals surface area contributed by atoms with E-state index in [9.17, 15) is 0 Å². The maximum absolute atomic E-state index is 4.55. The Morgan fingerprint density at radius 3 is 3.11 bits per heavy atom. The number of nitrogens with zero attached hydrogens (tertiary/aromatic N) is 3. The van der Waals surface area contributed by atoms with Gasteiger partial charge in [-0.1, -0.05) is 0 Å². The van der Waals surface area contributed by atoms with Crippen LogP contribution in [-0.2, 0) is 6.54 Å². The molecule has 96 valence electrons. The van der Waals surface area contributed by atoms with Crippen LogP contribution in [0.2, 0.25) is 0 Å². The minimum absolute atomic E-state index is 0.623. The Morgan fingerprint density at radius 1 is 1.44 bits per heavy atom. The molecule has 0 bridgehead atoms. The van der Waals surface area contributed by atoms with Crippen molar-refractivity contribution in [1.29, 1.82) is 0 Å². The normalized spacial score (nSPS) is 21.3. The number of likely N-dealkylation sites (tertiary alicyclic amines) is 1. The molecule has 0 N–H and O–H groups in total. The molecule has 1 fully saturated rings. The van der Waals surface area contributed by atoms with E-state index in [1.165, 1.54) is 34.3 Å². The summed E-state index contributed by atoms with van der Waals surface area (Å²) in [6.07, 6.45) is 6.45. The summed E-state index contributed by atoms with van der Waals surface area (Å²) in [7, 11) is 0. The third kappa shape index (κ3) is 2.79. The van der Waals surface area contributed by atoms with Gasteiger partial charge in [0.1, 0.15) is 5.01 Å². The molecule has 3 heterocycles. The first-order chi connectivity index (χ1) is 8.81. The van der Waals surface area contributed by atoms with E-state index < -0.39 is 0 Å². The summed E-state index contributed by atoms with van der Waals surface area (Å²) in [5.41, 5.74) is 0. The van der Waals surface area contributed by atoms with Gasteiger partial charge in [-0.25, -0.2) is 9.97 Å². The van der Waals surface area contributed by atoms with E-state index in [0.717, 1.165) is 13.1 Å². The molecule has 1 atom stereocenters. The van der Waals surface area contributed by atoms with Crippen LogP contribution in [0.1, 0.15) is 33.7 Å².